The molecule has 0 spiro atoms. The normalized spacial score (nSPS) is 15.8. The molecule has 0 radical (unpaired) electrons. The average Bonchev–Trinajstić information content (AvgIpc) is 1.98. The topological polar surface area (TPSA) is 46.2 Å². The third kappa shape index (κ3) is 4.49. The van der Waals surface area contributed by atoms with Gasteiger partial charge in [-0.05, 0) is 6.92 Å². The van der Waals surface area contributed by atoms with Crippen LogP contribution in [0.4, 0.5) is 0 Å². The van der Waals surface area contributed by atoms with Crippen LogP contribution in [0.5, 0.6) is 0 Å². The fourth-order valence-corrected chi connectivity index (χ4v) is 0.884. The number of carbonyl (C=O) groups is 1. The molecule has 2 unspecified atom stereocenters. The number of amides is 1. The monoisotopic (exact) mass is 191 g/mol. The Kier molecular flexibility index (Phi) is 5.13. The first-order valence-corrected chi connectivity index (χ1v) is 5.67. The largest absolute Gasteiger partial charge is 0.355 e. The molecule has 0 saturated heterocycles. The second kappa shape index (κ2) is 5.30. The predicted octanol–water partition coefficient (Wildman–Crippen LogP) is 0.526. The van der Waals surface area contributed by atoms with Gasteiger partial charge in [0, 0.05) is 34.8 Å². The number of nitrogens with one attached hydrogen (secondary N) is 1. The molecule has 0 aliphatic rings. The van der Waals surface area contributed by atoms with Gasteiger partial charge in [-0.2, -0.15) is 0 Å². The molecule has 1 amide bonds. The molecule has 0 aliphatic carbocycles. The molecule has 0 bridgehead atoms. The summed E-state index contributed by atoms with van der Waals surface area (Å²) >= 11 is 0. The highest BCUT2D eigenvalue weighted by molar-refractivity contribution is 7.84. The van der Waals surface area contributed by atoms with Crippen molar-refractivity contribution in [1.29, 1.82) is 0 Å². The summed E-state index contributed by atoms with van der Waals surface area (Å²) in [6, 6.07) is 0. The lowest BCUT2D eigenvalue weighted by atomic mass is 10.2. The zero-order chi connectivity index (χ0) is 9.72. The van der Waals surface area contributed by atoms with E-state index >= 15 is 0 Å². The maximum atomic E-state index is 11.1. The van der Waals surface area contributed by atoms with Crippen LogP contribution in [0.2, 0.25) is 0 Å². The van der Waals surface area contributed by atoms with Crippen molar-refractivity contribution in [1.82, 2.24) is 5.32 Å². The van der Waals surface area contributed by atoms with Gasteiger partial charge in [0.1, 0.15) is 0 Å². The molecule has 0 aromatic rings. The van der Waals surface area contributed by atoms with E-state index in [1.54, 1.807) is 6.26 Å². The lowest BCUT2D eigenvalue weighted by Gasteiger charge is -2.11. The number of hydrogen-bond acceptors (Lipinski definition) is 2. The summed E-state index contributed by atoms with van der Waals surface area (Å²) in [5.74, 6) is 0.0230. The van der Waals surface area contributed by atoms with Gasteiger partial charge in [-0.25, -0.2) is 0 Å². The summed E-state index contributed by atoms with van der Waals surface area (Å²) in [5, 5.41) is 2.77. The minimum Gasteiger partial charge on any atom is -0.355 e. The van der Waals surface area contributed by atoms with Gasteiger partial charge in [-0.1, -0.05) is 13.8 Å². The maximum Gasteiger partial charge on any atom is 0.222 e. The van der Waals surface area contributed by atoms with E-state index in [1.165, 1.54) is 0 Å². The minimum absolute atomic E-state index is 0.00231. The van der Waals surface area contributed by atoms with Crippen molar-refractivity contribution < 1.29 is 9.00 Å². The predicted molar refractivity (Wildman–Crippen MR) is 51.4 cm³/mol. The van der Waals surface area contributed by atoms with E-state index in [0.717, 1.165) is 0 Å². The van der Waals surface area contributed by atoms with Gasteiger partial charge in [-0.15, -0.1) is 0 Å². The SMILES string of the molecule is CC(C)C(=O)NCC(C)S(C)=O. The second-order valence-electron chi connectivity index (χ2n) is 3.21. The molecule has 0 aliphatic heterocycles. The smallest absolute Gasteiger partial charge is 0.222 e. The number of carbonyl (C=O) groups excluding carboxylic acids is 1. The second-order valence-corrected chi connectivity index (χ2v) is 5.01. The van der Waals surface area contributed by atoms with Gasteiger partial charge in [0.05, 0.1) is 0 Å². The Morgan fingerprint density at radius 3 is 2.25 bits per heavy atom. The summed E-state index contributed by atoms with van der Waals surface area (Å²) < 4.78 is 10.9. The highest BCUT2D eigenvalue weighted by Crippen LogP contribution is 1.93. The lowest BCUT2D eigenvalue weighted by Crippen LogP contribution is -2.35. The highest BCUT2D eigenvalue weighted by atomic mass is 32.2. The third-order valence-electron chi connectivity index (χ3n) is 1.65. The summed E-state index contributed by atoms with van der Waals surface area (Å²) in [6.07, 6.45) is 1.65. The molecule has 12 heavy (non-hydrogen) atoms. The van der Waals surface area contributed by atoms with Crippen molar-refractivity contribution in [2.45, 2.75) is 26.0 Å². The van der Waals surface area contributed by atoms with E-state index in [0.29, 0.717) is 6.54 Å². The van der Waals surface area contributed by atoms with Crippen molar-refractivity contribution in [2.24, 2.45) is 5.92 Å². The zero-order valence-corrected chi connectivity index (χ0v) is 8.90. The molecule has 72 valence electrons. The van der Waals surface area contributed by atoms with Gasteiger partial charge >= 0.3 is 0 Å². The average molecular weight is 191 g/mol. The van der Waals surface area contributed by atoms with Crippen LogP contribution >= 0.6 is 0 Å². The third-order valence-corrected chi connectivity index (χ3v) is 2.95. The van der Waals surface area contributed by atoms with Crippen molar-refractivity contribution >= 4 is 16.7 Å². The van der Waals surface area contributed by atoms with E-state index in [9.17, 15) is 9.00 Å². The molecule has 4 heteroatoms. The molecule has 3 nitrogen and oxygen atoms in total. The van der Waals surface area contributed by atoms with Crippen LogP contribution in [0.1, 0.15) is 20.8 Å². The zero-order valence-electron chi connectivity index (χ0n) is 8.09. The molecular formula is C8H17NO2S. The van der Waals surface area contributed by atoms with Gasteiger partial charge in [0.2, 0.25) is 5.91 Å². The summed E-state index contributed by atoms with van der Waals surface area (Å²) in [4.78, 5) is 11.1. The molecule has 0 fully saturated rings. The van der Waals surface area contributed by atoms with Gasteiger partial charge in [0.25, 0.3) is 0 Å². The van der Waals surface area contributed by atoms with Crippen LogP contribution in [0.15, 0.2) is 0 Å². The van der Waals surface area contributed by atoms with E-state index in [1.807, 2.05) is 20.8 Å². The minimum atomic E-state index is -0.855. The van der Waals surface area contributed by atoms with Crippen molar-refractivity contribution in [2.75, 3.05) is 12.8 Å². The molecule has 0 aromatic carbocycles. The Bertz CT molecular complexity index is 180. The Morgan fingerprint density at radius 1 is 1.42 bits per heavy atom. The van der Waals surface area contributed by atoms with Crippen LogP contribution in [0.3, 0.4) is 0 Å². The Morgan fingerprint density at radius 2 is 1.92 bits per heavy atom. The molecular weight excluding hydrogens is 174 g/mol. The molecule has 2 atom stereocenters. The quantitative estimate of drug-likeness (QED) is 0.704. The molecule has 0 saturated carbocycles. The molecule has 0 aromatic heterocycles. The maximum absolute atomic E-state index is 11.1. The Balaban J connectivity index is 3.69. The fourth-order valence-electron chi connectivity index (χ4n) is 0.566. The first-order chi connectivity index (χ1) is 5.45. The fraction of sp³-hybridized carbons (Fsp3) is 0.875. The van der Waals surface area contributed by atoms with Gasteiger partial charge in [-0.3, -0.25) is 9.00 Å². The Hall–Kier alpha value is -0.380. The first-order valence-electron chi connectivity index (χ1n) is 4.05. The van der Waals surface area contributed by atoms with Crippen molar-refractivity contribution in [3.05, 3.63) is 0 Å². The summed E-state index contributed by atoms with van der Waals surface area (Å²) in [5.41, 5.74) is 0. The van der Waals surface area contributed by atoms with Crippen molar-refractivity contribution in [3.63, 3.8) is 0 Å². The van der Waals surface area contributed by atoms with Gasteiger partial charge in [0.15, 0.2) is 0 Å². The van der Waals surface area contributed by atoms with Crippen LogP contribution in [0, 0.1) is 5.92 Å². The van der Waals surface area contributed by atoms with E-state index in [-0.39, 0.29) is 17.1 Å². The first kappa shape index (κ1) is 11.6. The van der Waals surface area contributed by atoms with Crippen LogP contribution in [0.25, 0.3) is 0 Å². The Labute approximate surface area is 76.4 Å². The standard InChI is InChI=1S/C8H17NO2S/c1-6(2)8(10)9-5-7(3)12(4)11/h6-7H,5H2,1-4H3,(H,9,10). The number of hydrogen-bond donors (Lipinski definition) is 1. The van der Waals surface area contributed by atoms with E-state index < -0.39 is 10.8 Å². The van der Waals surface area contributed by atoms with Crippen molar-refractivity contribution in [3.8, 4) is 0 Å². The molecule has 1 N–H and O–H groups in total. The molecule has 0 rings (SSSR count). The molecule has 0 heterocycles. The summed E-state index contributed by atoms with van der Waals surface area (Å²) in [7, 11) is -0.855. The summed E-state index contributed by atoms with van der Waals surface area (Å²) in [6.45, 7) is 6.03. The van der Waals surface area contributed by atoms with E-state index in [4.69, 9.17) is 0 Å². The highest BCUT2D eigenvalue weighted by Gasteiger charge is 2.10. The lowest BCUT2D eigenvalue weighted by molar-refractivity contribution is -0.123. The van der Waals surface area contributed by atoms with Crippen LogP contribution in [-0.4, -0.2) is 28.2 Å². The van der Waals surface area contributed by atoms with Crippen LogP contribution in [-0.2, 0) is 15.6 Å². The van der Waals surface area contributed by atoms with Crippen LogP contribution < -0.4 is 5.32 Å². The number of rotatable bonds is 4. The van der Waals surface area contributed by atoms with E-state index in [2.05, 4.69) is 5.32 Å². The van der Waals surface area contributed by atoms with Gasteiger partial charge < -0.3 is 5.32 Å².